The van der Waals surface area contributed by atoms with Crippen LogP contribution in [0.1, 0.15) is 20.2 Å². The molecule has 0 aliphatic heterocycles. The first-order valence-corrected chi connectivity index (χ1v) is 7.20. The van der Waals surface area contributed by atoms with Gasteiger partial charge in [0.25, 0.3) is 5.91 Å². The molecule has 2 rings (SSSR count). The number of benzene rings is 1. The van der Waals surface area contributed by atoms with Crippen LogP contribution in [0.2, 0.25) is 0 Å². The van der Waals surface area contributed by atoms with Crippen molar-refractivity contribution in [2.75, 3.05) is 7.05 Å². The van der Waals surface area contributed by atoms with Crippen LogP contribution in [0.5, 0.6) is 0 Å². The SMILES string of the molecule is Cc1ncc(CN(C)C(=O)c2ccc(F)cc2Br)s1. The Morgan fingerprint density at radius 1 is 1.53 bits per heavy atom. The quantitative estimate of drug-likeness (QED) is 0.853. The Morgan fingerprint density at radius 3 is 2.84 bits per heavy atom. The molecule has 2 aromatic rings. The number of aryl methyl sites for hydroxylation is 1. The molecule has 0 spiro atoms. The minimum absolute atomic E-state index is 0.155. The Balaban J connectivity index is 2.14. The molecule has 19 heavy (non-hydrogen) atoms. The molecule has 6 heteroatoms. The zero-order valence-corrected chi connectivity index (χ0v) is 12.9. The fraction of sp³-hybridized carbons (Fsp3) is 0.231. The van der Waals surface area contributed by atoms with Crippen molar-refractivity contribution in [3.63, 3.8) is 0 Å². The summed E-state index contributed by atoms with van der Waals surface area (Å²) in [6.07, 6.45) is 1.77. The number of halogens is 2. The lowest BCUT2D eigenvalue weighted by Crippen LogP contribution is -2.26. The molecule has 1 amide bonds. The van der Waals surface area contributed by atoms with Crippen molar-refractivity contribution in [1.29, 1.82) is 0 Å². The molecule has 100 valence electrons. The maximum Gasteiger partial charge on any atom is 0.255 e. The number of carbonyl (C=O) groups is 1. The van der Waals surface area contributed by atoms with Crippen LogP contribution in [0.3, 0.4) is 0 Å². The highest BCUT2D eigenvalue weighted by Crippen LogP contribution is 2.21. The van der Waals surface area contributed by atoms with Gasteiger partial charge >= 0.3 is 0 Å². The molecule has 0 saturated carbocycles. The lowest BCUT2D eigenvalue weighted by molar-refractivity contribution is 0.0785. The lowest BCUT2D eigenvalue weighted by atomic mass is 10.2. The summed E-state index contributed by atoms with van der Waals surface area (Å²) in [4.78, 5) is 19.0. The second-order valence-corrected chi connectivity index (χ2v) is 6.30. The zero-order valence-electron chi connectivity index (χ0n) is 10.5. The van der Waals surface area contributed by atoms with E-state index in [1.807, 2.05) is 6.92 Å². The van der Waals surface area contributed by atoms with E-state index in [-0.39, 0.29) is 11.7 Å². The van der Waals surface area contributed by atoms with Crippen LogP contribution in [0.25, 0.3) is 0 Å². The molecule has 1 heterocycles. The van der Waals surface area contributed by atoms with Crippen LogP contribution < -0.4 is 0 Å². The van der Waals surface area contributed by atoms with E-state index in [0.29, 0.717) is 16.6 Å². The summed E-state index contributed by atoms with van der Waals surface area (Å²) in [7, 11) is 1.72. The van der Waals surface area contributed by atoms with Gasteiger partial charge in [-0.15, -0.1) is 11.3 Å². The summed E-state index contributed by atoms with van der Waals surface area (Å²) in [5, 5.41) is 0.971. The van der Waals surface area contributed by atoms with Crippen LogP contribution in [-0.2, 0) is 6.54 Å². The number of nitrogens with zero attached hydrogens (tertiary/aromatic N) is 2. The van der Waals surface area contributed by atoms with Gasteiger partial charge in [0.05, 0.1) is 17.1 Å². The number of amides is 1. The highest BCUT2D eigenvalue weighted by molar-refractivity contribution is 9.10. The van der Waals surface area contributed by atoms with E-state index < -0.39 is 0 Å². The van der Waals surface area contributed by atoms with Gasteiger partial charge in [-0.05, 0) is 41.1 Å². The van der Waals surface area contributed by atoms with Gasteiger partial charge in [-0.25, -0.2) is 9.37 Å². The van der Waals surface area contributed by atoms with Crippen molar-refractivity contribution < 1.29 is 9.18 Å². The van der Waals surface area contributed by atoms with Gasteiger partial charge in [0.1, 0.15) is 5.82 Å². The molecule has 0 fully saturated rings. The molecule has 0 bridgehead atoms. The van der Waals surface area contributed by atoms with Gasteiger partial charge in [-0.3, -0.25) is 4.79 Å². The van der Waals surface area contributed by atoms with Crippen LogP contribution in [-0.4, -0.2) is 22.8 Å². The van der Waals surface area contributed by atoms with Gasteiger partial charge in [-0.1, -0.05) is 0 Å². The van der Waals surface area contributed by atoms with Gasteiger partial charge in [0.15, 0.2) is 0 Å². The first-order chi connectivity index (χ1) is 8.97. The average molecular weight is 343 g/mol. The molecular weight excluding hydrogens is 331 g/mol. The highest BCUT2D eigenvalue weighted by atomic mass is 79.9. The summed E-state index contributed by atoms with van der Waals surface area (Å²) in [6, 6.07) is 4.05. The third-order valence-corrected chi connectivity index (χ3v) is 4.12. The minimum atomic E-state index is -0.371. The fourth-order valence-corrected chi connectivity index (χ4v) is 3.02. The van der Waals surface area contributed by atoms with Crippen molar-refractivity contribution in [1.82, 2.24) is 9.88 Å². The van der Waals surface area contributed by atoms with E-state index >= 15 is 0 Å². The first-order valence-electron chi connectivity index (χ1n) is 5.59. The van der Waals surface area contributed by atoms with E-state index in [1.165, 1.54) is 18.2 Å². The second-order valence-electron chi connectivity index (χ2n) is 4.13. The summed E-state index contributed by atoms with van der Waals surface area (Å²) in [5.74, 6) is -0.526. The Morgan fingerprint density at radius 2 is 2.26 bits per heavy atom. The van der Waals surface area contributed by atoms with Crippen LogP contribution in [0.15, 0.2) is 28.9 Å². The standard InChI is InChI=1S/C13H12BrFN2OS/c1-8-16-6-10(19-8)7-17(2)13(18)11-4-3-9(15)5-12(11)14/h3-6H,7H2,1-2H3. The molecule has 0 atom stereocenters. The van der Waals surface area contributed by atoms with Crippen LogP contribution in [0.4, 0.5) is 4.39 Å². The number of thiazole rings is 1. The van der Waals surface area contributed by atoms with Crippen LogP contribution >= 0.6 is 27.3 Å². The Bertz CT molecular complexity index is 614. The number of carbonyl (C=O) groups excluding carboxylic acids is 1. The summed E-state index contributed by atoms with van der Waals surface area (Å²) < 4.78 is 13.5. The molecule has 0 saturated heterocycles. The fourth-order valence-electron chi connectivity index (χ4n) is 1.65. The number of aromatic nitrogens is 1. The molecule has 0 unspecified atom stereocenters. The number of hydrogen-bond acceptors (Lipinski definition) is 3. The van der Waals surface area contributed by atoms with Crippen molar-refractivity contribution in [2.45, 2.75) is 13.5 Å². The van der Waals surface area contributed by atoms with Gasteiger partial charge in [-0.2, -0.15) is 0 Å². The molecule has 3 nitrogen and oxygen atoms in total. The molecule has 0 radical (unpaired) electrons. The number of hydrogen-bond donors (Lipinski definition) is 0. The van der Waals surface area contributed by atoms with E-state index in [2.05, 4.69) is 20.9 Å². The average Bonchev–Trinajstić information content (AvgIpc) is 2.74. The van der Waals surface area contributed by atoms with Crippen molar-refractivity contribution in [2.24, 2.45) is 0 Å². The highest BCUT2D eigenvalue weighted by Gasteiger charge is 2.16. The molecular formula is C13H12BrFN2OS. The van der Waals surface area contributed by atoms with E-state index in [1.54, 1.807) is 29.5 Å². The predicted molar refractivity (Wildman–Crippen MR) is 76.7 cm³/mol. The van der Waals surface area contributed by atoms with Gasteiger partial charge < -0.3 is 4.90 Å². The third kappa shape index (κ3) is 3.39. The zero-order chi connectivity index (χ0) is 14.0. The normalized spacial score (nSPS) is 10.5. The Hall–Kier alpha value is -1.27. The monoisotopic (exact) mass is 342 g/mol. The molecule has 1 aromatic carbocycles. The maximum atomic E-state index is 13.0. The predicted octanol–water partition coefficient (Wildman–Crippen LogP) is 3.63. The Kier molecular flexibility index (Phi) is 4.31. The minimum Gasteiger partial charge on any atom is -0.336 e. The van der Waals surface area contributed by atoms with Crippen LogP contribution in [0, 0.1) is 12.7 Å². The van der Waals surface area contributed by atoms with E-state index in [0.717, 1.165) is 9.88 Å². The lowest BCUT2D eigenvalue weighted by Gasteiger charge is -2.16. The summed E-state index contributed by atoms with van der Waals surface area (Å²) in [5.41, 5.74) is 0.449. The van der Waals surface area contributed by atoms with Crippen molar-refractivity contribution in [3.8, 4) is 0 Å². The van der Waals surface area contributed by atoms with Crippen molar-refractivity contribution >= 4 is 33.2 Å². The number of rotatable bonds is 3. The summed E-state index contributed by atoms with van der Waals surface area (Å²) >= 11 is 4.77. The maximum absolute atomic E-state index is 13.0. The van der Waals surface area contributed by atoms with Crippen molar-refractivity contribution in [3.05, 3.63) is 50.1 Å². The summed E-state index contributed by atoms with van der Waals surface area (Å²) in [6.45, 7) is 2.42. The second kappa shape index (κ2) is 5.79. The Labute approximate surface area is 123 Å². The third-order valence-electron chi connectivity index (χ3n) is 2.57. The van der Waals surface area contributed by atoms with E-state index in [4.69, 9.17) is 0 Å². The first kappa shape index (κ1) is 14.1. The van der Waals surface area contributed by atoms with Gasteiger partial charge in [0.2, 0.25) is 0 Å². The largest absolute Gasteiger partial charge is 0.336 e. The molecule has 0 N–H and O–H groups in total. The van der Waals surface area contributed by atoms with Gasteiger partial charge in [0, 0.05) is 22.6 Å². The molecule has 0 aliphatic rings. The van der Waals surface area contributed by atoms with E-state index in [9.17, 15) is 9.18 Å². The smallest absolute Gasteiger partial charge is 0.255 e. The molecule has 0 aliphatic carbocycles. The topological polar surface area (TPSA) is 33.2 Å². The molecule has 1 aromatic heterocycles.